The summed E-state index contributed by atoms with van der Waals surface area (Å²) in [6, 6.07) is 14.8. The molecule has 2 amide bonds. The van der Waals surface area contributed by atoms with Crippen molar-refractivity contribution in [2.75, 3.05) is 19.4 Å². The summed E-state index contributed by atoms with van der Waals surface area (Å²) >= 11 is 6.26. The van der Waals surface area contributed by atoms with E-state index >= 15 is 0 Å². The van der Waals surface area contributed by atoms with Crippen molar-refractivity contribution in [1.82, 2.24) is 10.2 Å². The smallest absolute Gasteiger partial charge is 0.239 e. The molecule has 0 radical (unpaired) electrons. The predicted molar refractivity (Wildman–Crippen MR) is 124 cm³/mol. The Kier molecular flexibility index (Phi) is 5.39. The molecule has 164 valence electrons. The first-order valence-corrected chi connectivity index (χ1v) is 11.1. The monoisotopic (exact) mass is 439 g/mol. The number of amides is 2. The highest BCUT2D eigenvalue weighted by Crippen LogP contribution is 2.56. The quantitative estimate of drug-likeness (QED) is 0.754. The van der Waals surface area contributed by atoms with Gasteiger partial charge >= 0.3 is 0 Å². The Bertz CT molecular complexity index is 1020. The molecule has 31 heavy (non-hydrogen) atoms. The number of nitrogens with one attached hydrogen (secondary N) is 2. The van der Waals surface area contributed by atoms with E-state index in [1.807, 2.05) is 42.5 Å². The first-order valence-electron chi connectivity index (χ1n) is 10.7. The lowest BCUT2D eigenvalue weighted by Crippen LogP contribution is -2.49. The Balaban J connectivity index is 1.99. The Morgan fingerprint density at radius 1 is 1.13 bits per heavy atom. The van der Waals surface area contributed by atoms with Gasteiger partial charge in [0.25, 0.3) is 0 Å². The standard InChI is InChI=1S/C25H30ClN3O2/c1-24(2,3)14-19-25(17-12-11-16(26)13-18(17)27-23(25)31)20(15-9-7-6-8-10-15)21(28-19)22(30)29(4)5/h6-13,19-21,28H,14H2,1-5H3,(H,27,31). The number of anilines is 1. The first kappa shape index (κ1) is 21.8. The lowest BCUT2D eigenvalue weighted by molar-refractivity contribution is -0.131. The lowest BCUT2D eigenvalue weighted by Gasteiger charge is -2.37. The third-order valence-electron chi connectivity index (χ3n) is 6.49. The van der Waals surface area contributed by atoms with Gasteiger partial charge in [-0.3, -0.25) is 9.59 Å². The van der Waals surface area contributed by atoms with Crippen molar-refractivity contribution in [1.29, 1.82) is 0 Å². The molecule has 5 nitrogen and oxygen atoms in total. The van der Waals surface area contributed by atoms with E-state index in [0.717, 1.165) is 23.2 Å². The van der Waals surface area contributed by atoms with E-state index in [0.29, 0.717) is 5.02 Å². The fraction of sp³-hybridized carbons (Fsp3) is 0.440. The van der Waals surface area contributed by atoms with Gasteiger partial charge in [0.1, 0.15) is 5.41 Å². The maximum Gasteiger partial charge on any atom is 0.239 e. The van der Waals surface area contributed by atoms with Crippen molar-refractivity contribution in [2.24, 2.45) is 5.41 Å². The molecular weight excluding hydrogens is 410 g/mol. The minimum Gasteiger partial charge on any atom is -0.347 e. The molecule has 1 fully saturated rings. The molecule has 1 saturated heterocycles. The Hall–Kier alpha value is -2.37. The largest absolute Gasteiger partial charge is 0.347 e. The van der Waals surface area contributed by atoms with Crippen LogP contribution in [0.2, 0.25) is 5.02 Å². The van der Waals surface area contributed by atoms with E-state index in [1.165, 1.54) is 0 Å². The van der Waals surface area contributed by atoms with Crippen molar-refractivity contribution < 1.29 is 9.59 Å². The highest BCUT2D eigenvalue weighted by molar-refractivity contribution is 6.31. The molecule has 2 aliphatic rings. The van der Waals surface area contributed by atoms with Crippen LogP contribution in [0.15, 0.2) is 48.5 Å². The highest BCUT2D eigenvalue weighted by atomic mass is 35.5. The Labute approximate surface area is 189 Å². The molecule has 0 aromatic heterocycles. The summed E-state index contributed by atoms with van der Waals surface area (Å²) < 4.78 is 0. The maximum atomic E-state index is 13.9. The predicted octanol–water partition coefficient (Wildman–Crippen LogP) is 4.18. The van der Waals surface area contributed by atoms with Gasteiger partial charge in [-0.05, 0) is 35.1 Å². The first-order chi connectivity index (χ1) is 14.6. The van der Waals surface area contributed by atoms with E-state index in [2.05, 4.69) is 31.4 Å². The average molecular weight is 440 g/mol. The summed E-state index contributed by atoms with van der Waals surface area (Å²) in [5.74, 6) is -0.451. The molecule has 0 aliphatic carbocycles. The van der Waals surface area contributed by atoms with Gasteiger partial charge in [0.2, 0.25) is 11.8 Å². The van der Waals surface area contributed by atoms with Crippen LogP contribution < -0.4 is 10.6 Å². The van der Waals surface area contributed by atoms with Crippen molar-refractivity contribution in [3.63, 3.8) is 0 Å². The van der Waals surface area contributed by atoms with E-state index in [4.69, 9.17) is 11.6 Å². The zero-order valence-corrected chi connectivity index (χ0v) is 19.5. The number of carbonyl (C=O) groups excluding carboxylic acids is 2. The second kappa shape index (κ2) is 7.64. The minimum atomic E-state index is -0.912. The summed E-state index contributed by atoms with van der Waals surface area (Å²) in [5.41, 5.74) is 1.66. The van der Waals surface area contributed by atoms with Crippen molar-refractivity contribution in [2.45, 2.75) is 50.6 Å². The number of halogens is 1. The van der Waals surface area contributed by atoms with Crippen LogP contribution in [0, 0.1) is 5.41 Å². The van der Waals surface area contributed by atoms with Crippen LogP contribution in [0.3, 0.4) is 0 Å². The molecule has 1 spiro atoms. The summed E-state index contributed by atoms with van der Waals surface area (Å²) in [6.45, 7) is 6.49. The van der Waals surface area contributed by atoms with Gasteiger partial charge in [0, 0.05) is 36.8 Å². The van der Waals surface area contributed by atoms with Gasteiger partial charge in [-0.15, -0.1) is 0 Å². The second-order valence-corrected chi connectivity index (χ2v) is 10.5. The fourth-order valence-electron chi connectivity index (χ4n) is 5.35. The topological polar surface area (TPSA) is 61.4 Å². The summed E-state index contributed by atoms with van der Waals surface area (Å²) in [4.78, 5) is 28.8. The Morgan fingerprint density at radius 2 is 1.81 bits per heavy atom. The van der Waals surface area contributed by atoms with Crippen LogP contribution >= 0.6 is 11.6 Å². The van der Waals surface area contributed by atoms with Gasteiger partial charge in [-0.2, -0.15) is 0 Å². The molecule has 2 aromatic rings. The third kappa shape index (κ3) is 3.54. The van der Waals surface area contributed by atoms with Gasteiger partial charge in [0.05, 0.1) is 6.04 Å². The minimum absolute atomic E-state index is 0.0279. The summed E-state index contributed by atoms with van der Waals surface area (Å²) in [7, 11) is 3.52. The zero-order valence-electron chi connectivity index (χ0n) is 18.7. The molecule has 2 aliphatic heterocycles. The molecule has 2 heterocycles. The number of rotatable bonds is 3. The second-order valence-electron chi connectivity index (χ2n) is 10.1. The number of hydrogen-bond donors (Lipinski definition) is 2. The van der Waals surface area contributed by atoms with E-state index in [1.54, 1.807) is 25.1 Å². The molecule has 4 unspecified atom stereocenters. The van der Waals surface area contributed by atoms with Crippen LogP contribution in [-0.2, 0) is 15.0 Å². The van der Waals surface area contributed by atoms with Crippen LogP contribution in [0.1, 0.15) is 44.2 Å². The molecule has 4 rings (SSSR count). The number of hydrogen-bond acceptors (Lipinski definition) is 3. The van der Waals surface area contributed by atoms with Gasteiger partial charge in [-0.25, -0.2) is 0 Å². The molecular formula is C25H30ClN3O2. The normalized spacial score (nSPS) is 27.3. The molecule has 0 bridgehead atoms. The summed E-state index contributed by atoms with van der Waals surface area (Å²) in [5, 5.41) is 7.27. The maximum absolute atomic E-state index is 13.9. The van der Waals surface area contributed by atoms with Gasteiger partial charge in [-0.1, -0.05) is 68.8 Å². The van der Waals surface area contributed by atoms with Gasteiger partial charge in [0.15, 0.2) is 0 Å². The number of benzene rings is 2. The van der Waals surface area contributed by atoms with E-state index in [-0.39, 0.29) is 29.2 Å². The SMILES string of the molecule is CN(C)C(=O)C1NC(CC(C)(C)C)C2(C(=O)Nc3cc(Cl)ccc32)C1c1ccccc1. The van der Waals surface area contributed by atoms with Crippen molar-refractivity contribution in [3.05, 3.63) is 64.7 Å². The molecule has 0 saturated carbocycles. The Morgan fingerprint density at radius 3 is 2.42 bits per heavy atom. The fourth-order valence-corrected chi connectivity index (χ4v) is 5.52. The van der Waals surface area contributed by atoms with Crippen LogP contribution in [0.5, 0.6) is 0 Å². The zero-order chi connectivity index (χ0) is 22.6. The average Bonchev–Trinajstić information content (AvgIpc) is 3.16. The number of carbonyl (C=O) groups is 2. The van der Waals surface area contributed by atoms with Crippen LogP contribution in [0.4, 0.5) is 5.69 Å². The number of fused-ring (bicyclic) bond motifs is 2. The molecule has 2 aromatic carbocycles. The van der Waals surface area contributed by atoms with Crippen molar-refractivity contribution >= 4 is 29.1 Å². The lowest BCUT2D eigenvalue weighted by atomic mass is 9.62. The van der Waals surface area contributed by atoms with E-state index in [9.17, 15) is 9.59 Å². The number of nitrogens with zero attached hydrogens (tertiary/aromatic N) is 1. The highest BCUT2D eigenvalue weighted by Gasteiger charge is 2.65. The van der Waals surface area contributed by atoms with Crippen LogP contribution in [0.25, 0.3) is 0 Å². The molecule has 2 N–H and O–H groups in total. The van der Waals surface area contributed by atoms with E-state index < -0.39 is 11.5 Å². The molecule has 6 heteroatoms. The molecule has 4 atom stereocenters. The van der Waals surface area contributed by atoms with Crippen LogP contribution in [-0.4, -0.2) is 42.9 Å². The third-order valence-corrected chi connectivity index (χ3v) is 6.72. The number of likely N-dealkylation sites (N-methyl/N-ethyl adjacent to an activating group) is 1. The van der Waals surface area contributed by atoms with Crippen molar-refractivity contribution in [3.8, 4) is 0 Å². The summed E-state index contributed by atoms with van der Waals surface area (Å²) in [6.07, 6.45) is 0.739. The van der Waals surface area contributed by atoms with Gasteiger partial charge < -0.3 is 15.5 Å².